The quantitative estimate of drug-likeness (QED) is 0.861. The van der Waals surface area contributed by atoms with Crippen LogP contribution in [0.3, 0.4) is 0 Å². The van der Waals surface area contributed by atoms with Gasteiger partial charge in [0, 0.05) is 26.2 Å². The van der Waals surface area contributed by atoms with Crippen LogP contribution in [0, 0.1) is 11.3 Å². The largest absolute Gasteiger partial charge is 0.370 e. The summed E-state index contributed by atoms with van der Waals surface area (Å²) in [5.41, 5.74) is 1.60. The number of anilines is 2. The molecule has 0 aliphatic carbocycles. The molecule has 1 aromatic rings. The molecule has 0 radical (unpaired) electrons. The van der Waals surface area contributed by atoms with Gasteiger partial charge in [-0.3, -0.25) is 9.59 Å². The van der Waals surface area contributed by atoms with Crippen LogP contribution in [0.15, 0.2) is 24.3 Å². The number of piperidine rings is 1. The van der Waals surface area contributed by atoms with Crippen LogP contribution >= 0.6 is 0 Å². The Labute approximate surface area is 143 Å². The van der Waals surface area contributed by atoms with Crippen LogP contribution < -0.4 is 10.2 Å². The van der Waals surface area contributed by atoms with Gasteiger partial charge in [-0.05, 0) is 38.3 Å². The van der Waals surface area contributed by atoms with E-state index in [1.807, 2.05) is 30.3 Å². The highest BCUT2D eigenvalue weighted by atomic mass is 16.2. The van der Waals surface area contributed by atoms with Gasteiger partial charge in [0.05, 0.1) is 23.9 Å². The van der Waals surface area contributed by atoms with E-state index in [9.17, 15) is 9.59 Å². The van der Waals surface area contributed by atoms with Crippen molar-refractivity contribution in [2.24, 2.45) is 0 Å². The smallest absolute Gasteiger partial charge is 0.313 e. The first-order valence-electron chi connectivity index (χ1n) is 8.33. The molecule has 0 saturated carbocycles. The number of para-hydroxylation sites is 2. The highest BCUT2D eigenvalue weighted by molar-refractivity contribution is 6.39. The Balaban J connectivity index is 2.09. The third-order valence-electron chi connectivity index (χ3n) is 4.41. The Kier molecular flexibility index (Phi) is 6.19. The van der Waals surface area contributed by atoms with E-state index in [0.29, 0.717) is 5.69 Å². The van der Waals surface area contributed by atoms with Crippen molar-refractivity contribution in [2.45, 2.75) is 38.6 Å². The van der Waals surface area contributed by atoms with Gasteiger partial charge >= 0.3 is 11.8 Å². The van der Waals surface area contributed by atoms with Gasteiger partial charge in [-0.2, -0.15) is 5.26 Å². The summed E-state index contributed by atoms with van der Waals surface area (Å²) in [5.74, 6) is -1.31. The number of amides is 2. The zero-order chi connectivity index (χ0) is 17.5. The number of carbonyl (C=O) groups is 2. The van der Waals surface area contributed by atoms with Gasteiger partial charge < -0.3 is 15.1 Å². The summed E-state index contributed by atoms with van der Waals surface area (Å²) in [6.07, 6.45) is 3.69. The molecule has 1 saturated heterocycles. The summed E-state index contributed by atoms with van der Waals surface area (Å²) in [6.45, 7) is 3.66. The van der Waals surface area contributed by atoms with Crippen LogP contribution in [0.1, 0.15) is 32.6 Å². The summed E-state index contributed by atoms with van der Waals surface area (Å²) < 4.78 is 0. The number of nitriles is 1. The first kappa shape index (κ1) is 17.8. The van der Waals surface area contributed by atoms with E-state index in [-0.39, 0.29) is 12.5 Å². The lowest BCUT2D eigenvalue weighted by Crippen LogP contribution is -2.42. The molecule has 1 heterocycles. The zero-order valence-corrected chi connectivity index (χ0v) is 14.3. The van der Waals surface area contributed by atoms with Crippen molar-refractivity contribution < 1.29 is 9.59 Å². The number of hydrogen-bond donors (Lipinski definition) is 1. The third-order valence-corrected chi connectivity index (χ3v) is 4.41. The molecular formula is C18H24N4O2. The topological polar surface area (TPSA) is 76.4 Å². The van der Waals surface area contributed by atoms with E-state index < -0.39 is 11.8 Å². The second-order valence-corrected chi connectivity index (χ2v) is 6.15. The summed E-state index contributed by atoms with van der Waals surface area (Å²) in [5, 5.41) is 11.5. The first-order chi connectivity index (χ1) is 11.5. The molecular weight excluding hydrogens is 304 g/mol. The van der Waals surface area contributed by atoms with E-state index in [2.05, 4.69) is 10.2 Å². The zero-order valence-electron chi connectivity index (χ0n) is 14.3. The van der Waals surface area contributed by atoms with Gasteiger partial charge in [0.15, 0.2) is 0 Å². The fraction of sp³-hybridized carbons (Fsp3) is 0.500. The Bertz CT molecular complexity index is 632. The highest BCUT2D eigenvalue weighted by Gasteiger charge is 2.24. The number of likely N-dealkylation sites (N-methyl/N-ethyl adjacent to an activating group) is 1. The number of hydrogen-bond acceptors (Lipinski definition) is 4. The van der Waals surface area contributed by atoms with Crippen molar-refractivity contribution in [3.63, 3.8) is 0 Å². The van der Waals surface area contributed by atoms with Crippen molar-refractivity contribution >= 4 is 23.2 Å². The monoisotopic (exact) mass is 328 g/mol. The predicted molar refractivity (Wildman–Crippen MR) is 93.6 cm³/mol. The number of nitrogens with one attached hydrogen (secondary N) is 1. The Morgan fingerprint density at radius 2 is 1.96 bits per heavy atom. The molecule has 2 amide bonds. The van der Waals surface area contributed by atoms with Crippen molar-refractivity contribution in [2.75, 3.05) is 30.4 Å². The minimum Gasteiger partial charge on any atom is -0.370 e. The summed E-state index contributed by atoms with van der Waals surface area (Å²) >= 11 is 0. The fourth-order valence-corrected chi connectivity index (χ4v) is 2.80. The number of benzene rings is 1. The Hall–Kier alpha value is -2.55. The molecule has 128 valence electrons. The average Bonchev–Trinajstić information content (AvgIpc) is 2.61. The van der Waals surface area contributed by atoms with Gasteiger partial charge in [-0.25, -0.2) is 0 Å². The molecule has 1 aromatic carbocycles. The molecule has 0 bridgehead atoms. The minimum atomic E-state index is -0.674. The van der Waals surface area contributed by atoms with Gasteiger partial charge in [0.25, 0.3) is 0 Å². The number of nitrogens with zero attached hydrogens (tertiary/aromatic N) is 3. The second kappa shape index (κ2) is 8.34. The van der Waals surface area contributed by atoms with Gasteiger partial charge in [-0.1, -0.05) is 12.1 Å². The maximum absolute atomic E-state index is 12.3. The van der Waals surface area contributed by atoms with Crippen molar-refractivity contribution in [3.05, 3.63) is 24.3 Å². The lowest BCUT2D eigenvalue weighted by atomic mass is 10.1. The normalized spacial score (nSPS) is 15.3. The molecule has 1 aliphatic rings. The van der Waals surface area contributed by atoms with Crippen LogP contribution in [0.5, 0.6) is 0 Å². The number of carbonyl (C=O) groups excluding carboxylic acids is 2. The molecule has 0 unspecified atom stereocenters. The lowest BCUT2D eigenvalue weighted by Gasteiger charge is -2.30. The van der Waals surface area contributed by atoms with E-state index in [0.717, 1.165) is 31.6 Å². The Morgan fingerprint density at radius 1 is 1.29 bits per heavy atom. The maximum atomic E-state index is 12.3. The van der Waals surface area contributed by atoms with Crippen LogP contribution in [0.2, 0.25) is 0 Å². The molecule has 0 aromatic heterocycles. The van der Waals surface area contributed by atoms with E-state index in [1.54, 1.807) is 14.0 Å². The minimum absolute atomic E-state index is 0.194. The number of rotatable bonds is 4. The highest BCUT2D eigenvalue weighted by Crippen LogP contribution is 2.28. The lowest BCUT2D eigenvalue weighted by molar-refractivity contribution is -0.143. The standard InChI is InChI=1S/C18H24N4O2/c1-14(10-11-19)21(2)18(24)17(23)20-15-8-4-5-9-16(15)22-12-6-3-7-13-22/h4-5,8-9,14H,3,6-7,10,12-13H2,1-2H3,(H,20,23)/t14-/m0/s1. The van der Waals surface area contributed by atoms with Gasteiger partial charge in [0.1, 0.15) is 0 Å². The van der Waals surface area contributed by atoms with Crippen molar-refractivity contribution in [3.8, 4) is 6.07 Å². The molecule has 6 heteroatoms. The summed E-state index contributed by atoms with van der Waals surface area (Å²) in [7, 11) is 1.54. The average molecular weight is 328 g/mol. The third kappa shape index (κ3) is 4.25. The molecule has 0 spiro atoms. The first-order valence-corrected chi connectivity index (χ1v) is 8.33. The van der Waals surface area contributed by atoms with Crippen molar-refractivity contribution in [1.29, 1.82) is 5.26 Å². The van der Waals surface area contributed by atoms with E-state index in [4.69, 9.17) is 5.26 Å². The molecule has 1 fully saturated rings. The molecule has 1 N–H and O–H groups in total. The van der Waals surface area contributed by atoms with Gasteiger partial charge in [0.2, 0.25) is 0 Å². The molecule has 2 rings (SSSR count). The summed E-state index contributed by atoms with van der Waals surface area (Å²) in [6, 6.07) is 9.27. The van der Waals surface area contributed by atoms with Crippen LogP contribution in [0.25, 0.3) is 0 Å². The van der Waals surface area contributed by atoms with Crippen LogP contribution in [-0.2, 0) is 9.59 Å². The molecule has 1 atom stereocenters. The maximum Gasteiger partial charge on any atom is 0.313 e. The van der Waals surface area contributed by atoms with Crippen LogP contribution in [-0.4, -0.2) is 42.9 Å². The Morgan fingerprint density at radius 3 is 2.62 bits per heavy atom. The molecule has 1 aliphatic heterocycles. The van der Waals surface area contributed by atoms with Gasteiger partial charge in [-0.15, -0.1) is 0 Å². The molecule has 6 nitrogen and oxygen atoms in total. The fourth-order valence-electron chi connectivity index (χ4n) is 2.80. The predicted octanol–water partition coefficient (Wildman–Crippen LogP) is 2.38. The molecule has 24 heavy (non-hydrogen) atoms. The van der Waals surface area contributed by atoms with E-state index >= 15 is 0 Å². The van der Waals surface area contributed by atoms with Crippen molar-refractivity contribution in [1.82, 2.24) is 4.90 Å². The van der Waals surface area contributed by atoms with Crippen LogP contribution in [0.4, 0.5) is 11.4 Å². The second-order valence-electron chi connectivity index (χ2n) is 6.15. The SMILES string of the molecule is C[C@@H](CC#N)N(C)C(=O)C(=O)Nc1ccccc1N1CCCCC1. The van der Waals surface area contributed by atoms with E-state index in [1.165, 1.54) is 11.3 Å². The summed E-state index contributed by atoms with van der Waals surface area (Å²) in [4.78, 5) is 28.1.